The summed E-state index contributed by atoms with van der Waals surface area (Å²) in [5.41, 5.74) is 11.6. The molecule has 0 aromatic heterocycles. The maximum absolute atomic E-state index is 12.9. The van der Waals surface area contributed by atoms with Crippen LogP contribution in [0.15, 0.2) is 0 Å². The van der Waals surface area contributed by atoms with Gasteiger partial charge in [-0.1, -0.05) is 112 Å². The molecule has 0 heterocycles. The summed E-state index contributed by atoms with van der Waals surface area (Å²) in [6, 6.07) is 0. The van der Waals surface area contributed by atoms with E-state index in [1.165, 1.54) is 44.9 Å². The second kappa shape index (κ2) is 34.9. The number of ether oxygens (including phenoxy) is 3. The van der Waals surface area contributed by atoms with Crippen molar-refractivity contribution < 1.29 is 69.4 Å². The normalized spacial score (nSPS) is 47.3. The standard InChI is InChI=1S/C20H32O8.C16H26O4.C15H26O2.C12H23N.C10H19N.4CH4/c1-9-10(2)14-3-13(9)15-4-16(19(25)27-7-11(23)5-21)18(17(14)15)20(26)28-8-12(24)6-22;1-8-9(2)13-5-12(8)14-3-10(4-15(13)14)16(19)20-7-11(18)6-17;1-8-9(2)12-5-11(8)6-13(12)10-3-4-14(16)15(17)7-10;1-4-9-10-5-11(12(9)6-13)8(3)7(10)2;1-6-7(2)10-4-8(6)3-9(10)5-11;;;;/h9-18,21-24H,3-8H2,1-2H3;8-15,17-18H,3-7H2,1-2H3;8-17H,3-7H2,1-2H3;7-12H,4-6,13H2,1-3H3;6-10H,3-5,11H2,1-2H3;4*1H4. The molecule has 16 nitrogen and oxygen atoms in total. The quantitative estimate of drug-likeness (QED) is 0.0508. The van der Waals surface area contributed by atoms with E-state index < -0.39 is 67.5 Å². The van der Waals surface area contributed by atoms with Crippen molar-refractivity contribution in [2.75, 3.05) is 52.7 Å². The first-order chi connectivity index (χ1) is 42.3. The lowest BCUT2D eigenvalue weighted by Crippen LogP contribution is -2.39. The van der Waals surface area contributed by atoms with Gasteiger partial charge in [-0.3, -0.25) is 14.4 Å². The molecule has 13 fully saturated rings. The second-order valence-electron chi connectivity index (χ2n) is 32.9. The minimum absolute atomic E-state index is 0. The molecular formula is C77H142N2O14. The molecule has 0 aromatic carbocycles. The summed E-state index contributed by atoms with van der Waals surface area (Å²) >= 11 is 0. The van der Waals surface area contributed by atoms with Gasteiger partial charge in [-0.2, -0.15) is 0 Å². The van der Waals surface area contributed by atoms with E-state index in [0.29, 0.717) is 47.8 Å². The lowest BCUT2D eigenvalue weighted by molar-refractivity contribution is -0.165. The van der Waals surface area contributed by atoms with Crippen LogP contribution in [0.3, 0.4) is 0 Å². The van der Waals surface area contributed by atoms with Crippen LogP contribution in [0.4, 0.5) is 0 Å². The average molecular weight is 1320 g/mol. The van der Waals surface area contributed by atoms with Gasteiger partial charge in [0.1, 0.15) is 38.1 Å². The van der Waals surface area contributed by atoms with E-state index in [0.717, 1.165) is 170 Å². The molecule has 0 radical (unpaired) electrons. The van der Waals surface area contributed by atoms with E-state index in [1.54, 1.807) is 0 Å². The fraction of sp³-hybridized carbons (Fsp3) is 0.961. The second-order valence-corrected chi connectivity index (χ2v) is 32.9. The largest absolute Gasteiger partial charge is 0.463 e. The van der Waals surface area contributed by atoms with Crippen molar-refractivity contribution in [1.29, 1.82) is 0 Å². The molecule has 13 aliphatic carbocycles. The van der Waals surface area contributed by atoms with E-state index in [2.05, 4.69) is 76.2 Å². The highest BCUT2D eigenvalue weighted by Gasteiger charge is 2.65. The van der Waals surface area contributed by atoms with Gasteiger partial charge in [0.2, 0.25) is 0 Å². The molecule has 544 valence electrons. The van der Waals surface area contributed by atoms with Crippen LogP contribution in [0.25, 0.3) is 0 Å². The Morgan fingerprint density at radius 2 is 0.806 bits per heavy atom. The molecule has 13 saturated carbocycles. The zero-order valence-corrected chi connectivity index (χ0v) is 56.6. The predicted molar refractivity (Wildman–Crippen MR) is 368 cm³/mol. The molecule has 0 aliphatic heterocycles. The number of carbonyl (C=O) groups is 3. The lowest BCUT2D eigenvalue weighted by Gasteiger charge is -2.40. The highest BCUT2D eigenvalue weighted by Crippen LogP contribution is 2.67. The van der Waals surface area contributed by atoms with Crippen molar-refractivity contribution >= 4 is 17.9 Å². The minimum Gasteiger partial charge on any atom is -0.463 e. The smallest absolute Gasteiger partial charge is 0.310 e. The topological polar surface area (TPSA) is 293 Å². The maximum atomic E-state index is 12.9. The first-order valence-electron chi connectivity index (χ1n) is 36.5. The fourth-order valence-electron chi connectivity index (χ4n) is 24.0. The van der Waals surface area contributed by atoms with Crippen LogP contribution in [-0.2, 0) is 28.6 Å². The Hall–Kier alpha value is -1.99. The van der Waals surface area contributed by atoms with Crippen LogP contribution in [0.1, 0.15) is 196 Å². The Morgan fingerprint density at radius 1 is 0.398 bits per heavy atom. The Bertz CT molecular complexity index is 2240. The first-order valence-corrected chi connectivity index (χ1v) is 36.5. The van der Waals surface area contributed by atoms with Crippen LogP contribution < -0.4 is 11.5 Å². The third-order valence-electron chi connectivity index (χ3n) is 29.7. The SMILES string of the molecule is C.C.C.C.CC1C(C)C2CC1C1CC(C(=O)OCC(O)CO)C(C(=O)OCC(O)CO)C21.CC1C(C)C2CC1C1CC(C(=O)OCC(O)CO)CC21.CC1C2CC(C3CCC(O)C(O)C3)C(C2)C1C.CC1C2CC(CN)C(C2)C1C.CCC1C2CC(C(C)C2C)C1CN. The Kier molecular flexibility index (Phi) is 30.6. The summed E-state index contributed by atoms with van der Waals surface area (Å²) in [6.07, 6.45) is 12.1. The lowest BCUT2D eigenvalue weighted by atomic mass is 9.67. The van der Waals surface area contributed by atoms with Crippen molar-refractivity contribution in [2.45, 2.75) is 226 Å². The minimum atomic E-state index is -1.15. The number of nitrogens with two attached hydrogens (primary N) is 2. The summed E-state index contributed by atoms with van der Waals surface area (Å²) in [5.74, 6) is 19.8. The molecule has 13 aliphatic rings. The molecule has 10 bridgehead atoms. The zero-order valence-electron chi connectivity index (χ0n) is 56.6. The van der Waals surface area contributed by atoms with E-state index >= 15 is 0 Å². The van der Waals surface area contributed by atoms with Crippen LogP contribution in [0.2, 0.25) is 0 Å². The van der Waals surface area contributed by atoms with Gasteiger partial charge in [0.05, 0.1) is 49.8 Å². The van der Waals surface area contributed by atoms with Crippen molar-refractivity contribution in [3.8, 4) is 0 Å². The molecular weight excluding hydrogens is 1180 g/mol. The van der Waals surface area contributed by atoms with Gasteiger partial charge in [-0.25, -0.2) is 0 Å². The van der Waals surface area contributed by atoms with Gasteiger partial charge in [0, 0.05) is 0 Å². The fourth-order valence-corrected chi connectivity index (χ4v) is 24.0. The average Bonchev–Trinajstić information content (AvgIpc) is 1.56. The molecule has 13 rings (SSSR count). The Morgan fingerprint density at radius 3 is 1.27 bits per heavy atom. The number of esters is 3. The molecule has 16 heteroatoms. The number of rotatable bonds is 16. The van der Waals surface area contributed by atoms with Crippen LogP contribution >= 0.6 is 0 Å². The van der Waals surface area contributed by atoms with Gasteiger partial charge >= 0.3 is 17.9 Å². The number of hydrogen-bond donors (Lipinski definition) is 10. The molecule has 0 spiro atoms. The zero-order chi connectivity index (χ0) is 64.8. The molecule has 36 atom stereocenters. The molecule has 0 amide bonds. The molecule has 93 heavy (non-hydrogen) atoms. The molecule has 12 N–H and O–H groups in total. The first kappa shape index (κ1) is 81.7. The van der Waals surface area contributed by atoms with Crippen molar-refractivity contribution in [3.05, 3.63) is 0 Å². The number of fused-ring (bicyclic) bond motifs is 16. The number of carbonyl (C=O) groups excluding carboxylic acids is 3. The van der Waals surface area contributed by atoms with E-state index in [9.17, 15) is 39.9 Å². The Balaban J connectivity index is 0.000000216. The van der Waals surface area contributed by atoms with Crippen molar-refractivity contribution in [3.63, 3.8) is 0 Å². The van der Waals surface area contributed by atoms with E-state index in [1.807, 2.05) is 0 Å². The van der Waals surface area contributed by atoms with E-state index in [-0.39, 0.29) is 79.9 Å². The van der Waals surface area contributed by atoms with Gasteiger partial charge in [0.25, 0.3) is 0 Å². The predicted octanol–water partition coefficient (Wildman–Crippen LogP) is 10.4. The molecule has 36 unspecified atom stereocenters. The van der Waals surface area contributed by atoms with E-state index in [4.69, 9.17) is 41.0 Å². The van der Waals surface area contributed by atoms with Crippen LogP contribution in [-0.4, -0.2) is 142 Å². The Labute approximate surface area is 564 Å². The number of aliphatic hydroxyl groups excluding tert-OH is 8. The third-order valence-corrected chi connectivity index (χ3v) is 29.7. The number of hydrogen-bond acceptors (Lipinski definition) is 16. The summed E-state index contributed by atoms with van der Waals surface area (Å²) < 4.78 is 15.5. The van der Waals surface area contributed by atoms with Crippen LogP contribution in [0.5, 0.6) is 0 Å². The van der Waals surface area contributed by atoms with Gasteiger partial charge in [-0.05, 0) is 268 Å². The van der Waals surface area contributed by atoms with Crippen LogP contribution in [0, 0.1) is 189 Å². The molecule has 0 aromatic rings. The summed E-state index contributed by atoms with van der Waals surface area (Å²) in [7, 11) is 0. The maximum Gasteiger partial charge on any atom is 0.310 e. The third kappa shape index (κ3) is 16.4. The van der Waals surface area contributed by atoms with Gasteiger partial charge < -0.3 is 66.5 Å². The summed E-state index contributed by atoms with van der Waals surface area (Å²) in [4.78, 5) is 37.6. The highest BCUT2D eigenvalue weighted by atomic mass is 16.6. The van der Waals surface area contributed by atoms with Gasteiger partial charge in [-0.15, -0.1) is 0 Å². The highest BCUT2D eigenvalue weighted by molar-refractivity contribution is 5.83. The van der Waals surface area contributed by atoms with Crippen molar-refractivity contribution in [1.82, 2.24) is 0 Å². The molecule has 0 saturated heterocycles. The van der Waals surface area contributed by atoms with Gasteiger partial charge in [0.15, 0.2) is 0 Å². The number of aliphatic hydroxyl groups is 8. The monoisotopic (exact) mass is 1320 g/mol. The van der Waals surface area contributed by atoms with Crippen molar-refractivity contribution in [2.24, 2.45) is 201 Å². The summed E-state index contributed by atoms with van der Waals surface area (Å²) in [5, 5.41) is 74.2. The summed E-state index contributed by atoms with van der Waals surface area (Å²) in [6.45, 7) is 25.9.